The third-order valence-corrected chi connectivity index (χ3v) is 4.42. The van der Waals surface area contributed by atoms with E-state index >= 15 is 0 Å². The Morgan fingerprint density at radius 1 is 1.10 bits per heavy atom. The zero-order valence-corrected chi connectivity index (χ0v) is 14.2. The molecule has 0 aromatic carbocycles. The lowest BCUT2D eigenvalue weighted by molar-refractivity contribution is -0.139. The van der Waals surface area contributed by atoms with Gasteiger partial charge in [-0.05, 0) is 13.3 Å². The fraction of sp³-hybridized carbons (Fsp3) is 0.800. The normalized spacial score (nSPS) is 13.7. The average molecular weight is 320 g/mol. The largest absolute Gasteiger partial charge is 0.462 e. The highest BCUT2D eigenvalue weighted by molar-refractivity contribution is 7.52. The first-order valence-electron chi connectivity index (χ1n) is 7.68. The van der Waals surface area contributed by atoms with Crippen LogP contribution < -0.4 is 0 Å². The van der Waals surface area contributed by atoms with E-state index in [2.05, 4.69) is 13.5 Å². The molecule has 0 aromatic rings. The highest BCUT2D eigenvalue weighted by atomic mass is 31.2. The van der Waals surface area contributed by atoms with Crippen LogP contribution in [-0.4, -0.2) is 30.2 Å². The highest BCUT2D eigenvalue weighted by Crippen LogP contribution is 2.42. The summed E-state index contributed by atoms with van der Waals surface area (Å²) in [6.45, 7) is 7.48. The molecule has 1 atom stereocenters. The molecule has 0 saturated carbocycles. The molecule has 124 valence electrons. The molecule has 0 amide bonds. The van der Waals surface area contributed by atoms with Crippen molar-refractivity contribution in [1.29, 1.82) is 0 Å². The fourth-order valence-corrected chi connectivity index (χ4v) is 2.88. The summed E-state index contributed by atoms with van der Waals surface area (Å²) >= 11 is 0. The van der Waals surface area contributed by atoms with E-state index in [0.29, 0.717) is 18.4 Å². The van der Waals surface area contributed by atoms with Crippen LogP contribution in [0.1, 0.15) is 58.8 Å². The van der Waals surface area contributed by atoms with Gasteiger partial charge in [0.25, 0.3) is 0 Å². The molecule has 1 unspecified atom stereocenters. The predicted octanol–water partition coefficient (Wildman–Crippen LogP) is 4.06. The Morgan fingerprint density at radius 3 is 2.33 bits per heavy atom. The maximum absolute atomic E-state index is 11.7. The Bertz CT molecular complexity index is 354. The zero-order valence-electron chi connectivity index (χ0n) is 13.3. The molecular weight excluding hydrogens is 291 g/mol. The van der Waals surface area contributed by atoms with Crippen molar-refractivity contribution < 1.29 is 23.5 Å². The van der Waals surface area contributed by atoms with E-state index in [1.54, 1.807) is 6.92 Å². The number of esters is 1. The molecule has 0 aliphatic carbocycles. The highest BCUT2D eigenvalue weighted by Gasteiger charge is 2.18. The molecule has 0 rings (SSSR count). The molecule has 1 N–H and O–H groups in total. The Balaban J connectivity index is 3.57. The first kappa shape index (κ1) is 20.4. The number of carbonyl (C=O) groups excluding carboxylic acids is 1. The second kappa shape index (κ2) is 12.0. The molecule has 6 heteroatoms. The molecule has 0 aliphatic heterocycles. The topological polar surface area (TPSA) is 72.8 Å². The maximum atomic E-state index is 11.7. The predicted molar refractivity (Wildman–Crippen MR) is 84.4 cm³/mol. The lowest BCUT2D eigenvalue weighted by atomic mass is 10.1. The summed E-state index contributed by atoms with van der Waals surface area (Å²) in [6, 6.07) is 0. The van der Waals surface area contributed by atoms with Crippen LogP contribution in [0.3, 0.4) is 0 Å². The van der Waals surface area contributed by atoms with Crippen molar-refractivity contribution in [2.45, 2.75) is 58.8 Å². The van der Waals surface area contributed by atoms with Gasteiger partial charge in [-0.15, -0.1) is 0 Å². The van der Waals surface area contributed by atoms with E-state index < -0.39 is 13.6 Å². The van der Waals surface area contributed by atoms with Gasteiger partial charge in [0, 0.05) is 18.2 Å². The smallest absolute Gasteiger partial charge is 0.333 e. The van der Waals surface area contributed by atoms with Crippen molar-refractivity contribution in [1.82, 2.24) is 0 Å². The molecule has 0 spiro atoms. The molecule has 0 aliphatic rings. The summed E-state index contributed by atoms with van der Waals surface area (Å²) in [5, 5.41) is 0. The van der Waals surface area contributed by atoms with Crippen molar-refractivity contribution >= 4 is 13.6 Å². The van der Waals surface area contributed by atoms with Crippen molar-refractivity contribution in [3.05, 3.63) is 12.2 Å². The first-order chi connectivity index (χ1) is 9.89. The third-order valence-electron chi connectivity index (χ3n) is 2.96. The van der Waals surface area contributed by atoms with Gasteiger partial charge in [-0.25, -0.2) is 4.79 Å². The van der Waals surface area contributed by atoms with Gasteiger partial charge in [0.1, 0.15) is 0 Å². The second-order valence-corrected chi connectivity index (χ2v) is 7.21. The summed E-state index contributed by atoms with van der Waals surface area (Å²) < 4.78 is 21.6. The van der Waals surface area contributed by atoms with E-state index in [0.717, 1.165) is 12.8 Å². The molecular formula is C15H29O5P. The quantitative estimate of drug-likeness (QED) is 0.240. The van der Waals surface area contributed by atoms with Gasteiger partial charge in [-0.3, -0.25) is 4.57 Å². The summed E-state index contributed by atoms with van der Waals surface area (Å²) in [4.78, 5) is 20.7. The number of ether oxygens (including phenoxy) is 1. The Kier molecular flexibility index (Phi) is 11.6. The summed E-state index contributed by atoms with van der Waals surface area (Å²) in [6.07, 6.45) is 6.97. The Hall–Kier alpha value is -0.640. The molecule has 5 nitrogen and oxygen atoms in total. The lowest BCUT2D eigenvalue weighted by Gasteiger charge is -2.12. The van der Waals surface area contributed by atoms with Crippen molar-refractivity contribution in [2.24, 2.45) is 0 Å². The summed E-state index contributed by atoms with van der Waals surface area (Å²) in [5.74, 6) is -0.450. The van der Waals surface area contributed by atoms with Gasteiger partial charge in [0.2, 0.25) is 0 Å². The van der Waals surface area contributed by atoms with Crippen molar-refractivity contribution in [3.63, 3.8) is 0 Å². The minimum Gasteiger partial charge on any atom is -0.462 e. The van der Waals surface area contributed by atoms with Gasteiger partial charge >= 0.3 is 13.6 Å². The van der Waals surface area contributed by atoms with E-state index in [1.807, 2.05) is 0 Å². The molecule has 0 aromatic heterocycles. The van der Waals surface area contributed by atoms with Crippen molar-refractivity contribution in [3.8, 4) is 0 Å². The number of unbranched alkanes of at least 4 members (excludes halogenated alkanes) is 5. The van der Waals surface area contributed by atoms with Crippen LogP contribution in [-0.2, 0) is 18.6 Å². The molecule has 0 radical (unpaired) electrons. The van der Waals surface area contributed by atoms with Crippen LogP contribution in [0.2, 0.25) is 0 Å². The first-order valence-corrected chi connectivity index (χ1v) is 9.44. The van der Waals surface area contributed by atoms with Crippen LogP contribution in [0.15, 0.2) is 12.2 Å². The minimum absolute atomic E-state index is 0.118. The van der Waals surface area contributed by atoms with Gasteiger partial charge in [-0.1, -0.05) is 45.6 Å². The van der Waals surface area contributed by atoms with Crippen LogP contribution >= 0.6 is 7.60 Å². The summed E-state index contributed by atoms with van der Waals surface area (Å²) in [7, 11) is -3.49. The minimum atomic E-state index is -3.49. The Morgan fingerprint density at radius 2 is 1.71 bits per heavy atom. The van der Waals surface area contributed by atoms with Crippen molar-refractivity contribution in [2.75, 3.05) is 19.4 Å². The number of hydrogen-bond donors (Lipinski definition) is 1. The van der Waals surface area contributed by atoms with Crippen LogP contribution in [0.25, 0.3) is 0 Å². The molecule has 0 fully saturated rings. The fourth-order valence-electron chi connectivity index (χ4n) is 1.71. The third kappa shape index (κ3) is 12.8. The van der Waals surface area contributed by atoms with Gasteiger partial charge in [0.05, 0.1) is 13.2 Å². The number of rotatable bonds is 13. The van der Waals surface area contributed by atoms with E-state index in [-0.39, 0.29) is 19.4 Å². The van der Waals surface area contributed by atoms with Gasteiger partial charge in [-0.2, -0.15) is 0 Å². The molecule has 21 heavy (non-hydrogen) atoms. The molecule has 0 saturated heterocycles. The van der Waals surface area contributed by atoms with Crippen LogP contribution in [0.5, 0.6) is 0 Å². The monoisotopic (exact) mass is 320 g/mol. The molecule has 0 heterocycles. The Labute approximate surface area is 128 Å². The van der Waals surface area contributed by atoms with E-state index in [9.17, 15) is 14.3 Å². The van der Waals surface area contributed by atoms with E-state index in [1.165, 1.54) is 19.3 Å². The summed E-state index contributed by atoms with van der Waals surface area (Å²) in [5.41, 5.74) is 0.340. The molecule has 0 bridgehead atoms. The van der Waals surface area contributed by atoms with Gasteiger partial charge < -0.3 is 14.2 Å². The zero-order chi connectivity index (χ0) is 16.1. The van der Waals surface area contributed by atoms with Crippen LogP contribution in [0.4, 0.5) is 0 Å². The standard InChI is InChI=1S/C15H29O5P/c1-4-5-6-7-8-9-13-21(17,18)20-12-10-11-19-15(16)14(2)3/h2,4-13H2,1,3H3,(H,17,18). The van der Waals surface area contributed by atoms with Crippen LogP contribution in [0, 0.1) is 0 Å². The SMILES string of the molecule is C=C(C)C(=O)OCCCOP(=O)(O)CCCCCCCC. The number of hydrogen-bond acceptors (Lipinski definition) is 4. The van der Waals surface area contributed by atoms with Gasteiger partial charge in [0.15, 0.2) is 0 Å². The van der Waals surface area contributed by atoms with E-state index in [4.69, 9.17) is 9.26 Å². The second-order valence-electron chi connectivity index (χ2n) is 5.23. The average Bonchev–Trinajstić information content (AvgIpc) is 2.41. The number of carbonyl (C=O) groups is 1. The lowest BCUT2D eigenvalue weighted by Crippen LogP contribution is -2.08. The maximum Gasteiger partial charge on any atom is 0.333 e.